The van der Waals surface area contributed by atoms with Gasteiger partial charge in [-0.2, -0.15) is 0 Å². The molecule has 4 nitrogen and oxygen atoms in total. The van der Waals surface area contributed by atoms with E-state index in [9.17, 15) is 4.79 Å². The maximum absolute atomic E-state index is 12.6. The molecular formula is C19H30N2O2. The van der Waals surface area contributed by atoms with Crippen LogP contribution in [0.25, 0.3) is 0 Å². The average molecular weight is 318 g/mol. The predicted octanol–water partition coefficient (Wildman–Crippen LogP) is 2.86. The van der Waals surface area contributed by atoms with Gasteiger partial charge in [0.1, 0.15) is 12.4 Å². The van der Waals surface area contributed by atoms with Crippen molar-refractivity contribution in [1.29, 1.82) is 0 Å². The standard InChI is InChI=1S/C19H30N2O2/c1-5-15-8-6-7-9-17(15)23-14-19(2,3)18(22)20-16-10-12-21(4)13-11-16/h6-9,16H,5,10-14H2,1-4H3,(H,20,22). The van der Waals surface area contributed by atoms with Gasteiger partial charge in [0, 0.05) is 6.04 Å². The lowest BCUT2D eigenvalue weighted by molar-refractivity contribution is -0.131. The highest BCUT2D eigenvalue weighted by Crippen LogP contribution is 2.23. The van der Waals surface area contributed by atoms with Crippen LogP contribution in [0.2, 0.25) is 0 Å². The van der Waals surface area contributed by atoms with Crippen LogP contribution in [0, 0.1) is 5.41 Å². The minimum absolute atomic E-state index is 0.0843. The Balaban J connectivity index is 1.88. The minimum atomic E-state index is -0.537. The first kappa shape index (κ1) is 17.8. The van der Waals surface area contributed by atoms with E-state index < -0.39 is 5.41 Å². The van der Waals surface area contributed by atoms with Crippen molar-refractivity contribution in [1.82, 2.24) is 10.2 Å². The molecule has 0 radical (unpaired) electrons. The summed E-state index contributed by atoms with van der Waals surface area (Å²) in [5, 5.41) is 3.20. The number of likely N-dealkylation sites (tertiary alicyclic amines) is 1. The van der Waals surface area contributed by atoms with Crippen molar-refractivity contribution < 1.29 is 9.53 Å². The fraction of sp³-hybridized carbons (Fsp3) is 0.632. The first-order valence-electron chi connectivity index (χ1n) is 8.62. The third kappa shape index (κ3) is 4.96. The van der Waals surface area contributed by atoms with E-state index in [1.807, 2.05) is 32.0 Å². The van der Waals surface area contributed by atoms with Crippen LogP contribution < -0.4 is 10.1 Å². The van der Waals surface area contributed by atoms with E-state index in [0.29, 0.717) is 12.6 Å². The molecule has 0 aromatic heterocycles. The molecule has 0 aliphatic carbocycles. The molecule has 1 heterocycles. The summed E-state index contributed by atoms with van der Waals surface area (Å²) in [7, 11) is 2.13. The number of nitrogens with one attached hydrogen (secondary N) is 1. The third-order valence-electron chi connectivity index (χ3n) is 4.61. The van der Waals surface area contributed by atoms with Crippen LogP contribution in [0.4, 0.5) is 0 Å². The number of hydrogen-bond acceptors (Lipinski definition) is 3. The Morgan fingerprint density at radius 3 is 2.61 bits per heavy atom. The highest BCUT2D eigenvalue weighted by molar-refractivity contribution is 5.82. The summed E-state index contributed by atoms with van der Waals surface area (Å²) in [6.45, 7) is 8.50. The van der Waals surface area contributed by atoms with Crippen LogP contribution in [0.3, 0.4) is 0 Å². The molecule has 23 heavy (non-hydrogen) atoms. The van der Waals surface area contributed by atoms with Crippen molar-refractivity contribution in [2.24, 2.45) is 5.41 Å². The number of amides is 1. The van der Waals surface area contributed by atoms with Crippen LogP contribution in [-0.4, -0.2) is 43.6 Å². The van der Waals surface area contributed by atoms with Crippen molar-refractivity contribution in [2.45, 2.75) is 46.1 Å². The molecule has 1 aliphatic heterocycles. The summed E-state index contributed by atoms with van der Waals surface area (Å²) in [5.74, 6) is 0.969. The molecule has 1 aliphatic rings. The molecule has 0 unspecified atom stereocenters. The van der Waals surface area contributed by atoms with Crippen LogP contribution in [0.5, 0.6) is 5.75 Å². The summed E-state index contributed by atoms with van der Waals surface area (Å²) in [5.41, 5.74) is 0.642. The topological polar surface area (TPSA) is 41.6 Å². The van der Waals surface area contributed by atoms with E-state index >= 15 is 0 Å². The number of aryl methyl sites for hydroxylation is 1. The zero-order valence-electron chi connectivity index (χ0n) is 14.9. The Bertz CT molecular complexity index is 520. The molecule has 1 saturated heterocycles. The Morgan fingerprint density at radius 1 is 1.30 bits per heavy atom. The lowest BCUT2D eigenvalue weighted by Crippen LogP contribution is -2.49. The zero-order chi connectivity index (χ0) is 16.9. The van der Waals surface area contributed by atoms with Gasteiger partial charge in [-0.3, -0.25) is 4.79 Å². The summed E-state index contributed by atoms with van der Waals surface area (Å²) < 4.78 is 5.95. The van der Waals surface area contributed by atoms with E-state index in [2.05, 4.69) is 30.3 Å². The Morgan fingerprint density at radius 2 is 1.96 bits per heavy atom. The van der Waals surface area contributed by atoms with Crippen molar-refractivity contribution in [3.8, 4) is 5.75 Å². The normalized spacial score (nSPS) is 17.0. The number of carbonyl (C=O) groups is 1. The van der Waals surface area contributed by atoms with Crippen molar-refractivity contribution in [3.05, 3.63) is 29.8 Å². The molecule has 1 aromatic rings. The molecule has 1 aromatic carbocycles. The van der Waals surface area contributed by atoms with E-state index in [-0.39, 0.29) is 5.91 Å². The quantitative estimate of drug-likeness (QED) is 0.877. The fourth-order valence-electron chi connectivity index (χ4n) is 2.79. The lowest BCUT2D eigenvalue weighted by atomic mass is 9.92. The van der Waals surface area contributed by atoms with Crippen LogP contribution in [0.15, 0.2) is 24.3 Å². The molecule has 1 N–H and O–H groups in total. The highest BCUT2D eigenvalue weighted by Gasteiger charge is 2.31. The molecule has 0 atom stereocenters. The van der Waals surface area contributed by atoms with Crippen molar-refractivity contribution in [2.75, 3.05) is 26.7 Å². The van der Waals surface area contributed by atoms with Gasteiger partial charge in [-0.15, -0.1) is 0 Å². The summed E-state index contributed by atoms with van der Waals surface area (Å²) in [6.07, 6.45) is 2.98. The van der Waals surface area contributed by atoms with Gasteiger partial charge in [0.05, 0.1) is 5.41 Å². The monoisotopic (exact) mass is 318 g/mol. The molecule has 1 fully saturated rings. The number of para-hydroxylation sites is 1. The minimum Gasteiger partial charge on any atom is -0.492 e. The Kier molecular flexibility index (Phi) is 6.05. The summed E-state index contributed by atoms with van der Waals surface area (Å²) in [6, 6.07) is 8.33. The second kappa shape index (κ2) is 7.82. The highest BCUT2D eigenvalue weighted by atomic mass is 16.5. The van der Waals surface area contributed by atoms with Gasteiger partial charge in [0.2, 0.25) is 5.91 Å². The predicted molar refractivity (Wildman–Crippen MR) is 93.8 cm³/mol. The maximum atomic E-state index is 12.6. The van der Waals surface area contributed by atoms with Gasteiger partial charge >= 0.3 is 0 Å². The first-order chi connectivity index (χ1) is 10.9. The number of rotatable bonds is 6. The van der Waals surface area contributed by atoms with E-state index in [4.69, 9.17) is 4.74 Å². The first-order valence-corrected chi connectivity index (χ1v) is 8.62. The number of piperidine rings is 1. The fourth-order valence-corrected chi connectivity index (χ4v) is 2.79. The summed E-state index contributed by atoms with van der Waals surface area (Å²) in [4.78, 5) is 14.9. The van der Waals surface area contributed by atoms with Crippen molar-refractivity contribution >= 4 is 5.91 Å². The van der Waals surface area contributed by atoms with Gasteiger partial charge in [0.15, 0.2) is 0 Å². The summed E-state index contributed by atoms with van der Waals surface area (Å²) >= 11 is 0. The number of hydrogen-bond donors (Lipinski definition) is 1. The van der Waals surface area contributed by atoms with Crippen LogP contribution >= 0.6 is 0 Å². The molecule has 1 amide bonds. The molecule has 0 bridgehead atoms. The molecule has 0 spiro atoms. The van der Waals surface area contributed by atoms with Crippen LogP contribution in [0.1, 0.15) is 39.2 Å². The number of ether oxygens (including phenoxy) is 1. The SMILES string of the molecule is CCc1ccccc1OCC(C)(C)C(=O)NC1CCN(C)CC1. The maximum Gasteiger partial charge on any atom is 0.229 e. The van der Waals surface area contributed by atoms with Crippen molar-refractivity contribution in [3.63, 3.8) is 0 Å². The van der Waals surface area contributed by atoms with Crippen LogP contribution in [-0.2, 0) is 11.2 Å². The van der Waals surface area contributed by atoms with Gasteiger partial charge in [-0.25, -0.2) is 0 Å². The molecule has 4 heteroatoms. The Hall–Kier alpha value is -1.55. The van der Waals surface area contributed by atoms with E-state index in [1.54, 1.807) is 0 Å². The largest absolute Gasteiger partial charge is 0.492 e. The number of benzene rings is 1. The lowest BCUT2D eigenvalue weighted by Gasteiger charge is -2.32. The zero-order valence-corrected chi connectivity index (χ0v) is 14.9. The van der Waals surface area contributed by atoms with Gasteiger partial charge in [-0.05, 0) is 64.9 Å². The molecule has 128 valence electrons. The van der Waals surface area contributed by atoms with Gasteiger partial charge in [0.25, 0.3) is 0 Å². The van der Waals surface area contributed by atoms with E-state index in [0.717, 1.165) is 38.1 Å². The second-order valence-electron chi connectivity index (χ2n) is 7.18. The van der Waals surface area contributed by atoms with Gasteiger partial charge < -0.3 is 15.0 Å². The van der Waals surface area contributed by atoms with Gasteiger partial charge in [-0.1, -0.05) is 25.1 Å². The third-order valence-corrected chi connectivity index (χ3v) is 4.61. The molecule has 2 rings (SSSR count). The molecule has 0 saturated carbocycles. The van der Waals surface area contributed by atoms with E-state index in [1.165, 1.54) is 5.56 Å². The number of nitrogens with zero attached hydrogens (tertiary/aromatic N) is 1. The average Bonchev–Trinajstić information content (AvgIpc) is 2.55. The smallest absolute Gasteiger partial charge is 0.229 e. The second-order valence-corrected chi connectivity index (χ2v) is 7.18. The molecular weight excluding hydrogens is 288 g/mol. The number of carbonyl (C=O) groups excluding carboxylic acids is 1. The Labute approximate surface area is 140 Å².